The average molecular weight is 611 g/mol. The largest absolute Gasteiger partial charge is 0.432 e. The Morgan fingerprint density at radius 1 is 0.568 bits per heavy atom. The van der Waals surface area contributed by atoms with E-state index >= 15 is 0 Å². The molecule has 0 radical (unpaired) electrons. The lowest BCUT2D eigenvalue weighted by molar-refractivity contribution is -0.189. The highest BCUT2D eigenvalue weighted by atomic mass is 19.3. The van der Waals surface area contributed by atoms with Gasteiger partial charge in [0.05, 0.1) is 0 Å². The van der Waals surface area contributed by atoms with Gasteiger partial charge in [-0.3, -0.25) is 0 Å². The van der Waals surface area contributed by atoms with Crippen LogP contribution in [0, 0.1) is 34.9 Å². The van der Waals surface area contributed by atoms with Gasteiger partial charge in [0, 0.05) is 5.56 Å². The molecule has 0 unspecified atom stereocenters. The van der Waals surface area contributed by atoms with Crippen molar-refractivity contribution >= 4 is 0 Å². The minimum absolute atomic E-state index is 0.0760. The zero-order valence-corrected chi connectivity index (χ0v) is 22.8. The summed E-state index contributed by atoms with van der Waals surface area (Å²) in [5.74, 6) is -8.92. The zero-order valence-electron chi connectivity index (χ0n) is 22.8. The molecular weight excluding hydrogens is 588 g/mol. The van der Waals surface area contributed by atoms with Gasteiger partial charge in [0.2, 0.25) is 0 Å². The number of hydrogen-bond acceptors (Lipinski definition) is 1. The minimum atomic E-state index is -4.38. The first kappa shape index (κ1) is 30.5. The molecule has 0 aliphatic heterocycles. The molecule has 5 aromatic rings. The van der Waals surface area contributed by atoms with Gasteiger partial charge in [-0.25, -0.2) is 26.3 Å². The van der Waals surface area contributed by atoms with Crippen LogP contribution in [0.25, 0.3) is 33.4 Å². The summed E-state index contributed by atoms with van der Waals surface area (Å²) in [5, 5.41) is 0. The normalized spacial score (nSPS) is 11.5. The number of allylic oxidation sites excluding steroid dienone is 1. The molecular formula is C35H22F8O. The number of rotatable bonds is 9. The average Bonchev–Trinajstić information content (AvgIpc) is 2.98. The van der Waals surface area contributed by atoms with Crippen molar-refractivity contribution in [1.29, 1.82) is 0 Å². The smallest absolute Gasteiger partial charge is 0.429 e. The SMILES string of the molecule is C=CCCc1ccc(-c2cc(F)c(C(F)(F)Oc3ccc(-c4ccc(-c5cc(F)c(F)c(F)c5)c(F)c4)cc3)c(F)c2)cc1. The van der Waals surface area contributed by atoms with Gasteiger partial charge in [0.25, 0.3) is 0 Å². The fourth-order valence-electron chi connectivity index (χ4n) is 4.70. The fraction of sp³-hybridized carbons (Fsp3) is 0.0857. The van der Waals surface area contributed by atoms with Crippen molar-refractivity contribution < 1.29 is 39.9 Å². The number of benzene rings is 5. The predicted molar refractivity (Wildman–Crippen MR) is 152 cm³/mol. The van der Waals surface area contributed by atoms with E-state index in [1.807, 2.05) is 0 Å². The van der Waals surface area contributed by atoms with E-state index in [0.29, 0.717) is 23.3 Å². The Bertz CT molecular complexity index is 1780. The standard InChI is InChI=1S/C35H22F8O/c1-2-3-4-20-5-7-22(8-6-20)24-16-29(37)33(30(38)17-24)35(42,43)44-26-12-9-21(10-13-26)23-11-14-27(28(36)15-23)25-18-31(39)34(41)32(40)19-25/h2,5-19H,1,3-4H2. The molecule has 0 heterocycles. The molecule has 0 fully saturated rings. The van der Waals surface area contributed by atoms with Crippen LogP contribution in [0.15, 0.2) is 104 Å². The Morgan fingerprint density at radius 2 is 1.07 bits per heavy atom. The number of hydrogen-bond donors (Lipinski definition) is 0. The van der Waals surface area contributed by atoms with Crippen molar-refractivity contribution in [2.75, 3.05) is 0 Å². The van der Waals surface area contributed by atoms with Crippen LogP contribution in [0.2, 0.25) is 0 Å². The Kier molecular flexibility index (Phi) is 8.58. The lowest BCUT2D eigenvalue weighted by atomic mass is 9.99. The summed E-state index contributed by atoms with van der Waals surface area (Å²) >= 11 is 0. The summed E-state index contributed by atoms with van der Waals surface area (Å²) in [6.45, 7) is 3.66. The van der Waals surface area contributed by atoms with E-state index in [2.05, 4.69) is 11.3 Å². The molecule has 0 aromatic heterocycles. The molecule has 0 saturated carbocycles. The van der Waals surface area contributed by atoms with Gasteiger partial charge >= 0.3 is 6.11 Å². The lowest BCUT2D eigenvalue weighted by Gasteiger charge is -2.20. The molecule has 0 spiro atoms. The highest BCUT2D eigenvalue weighted by Gasteiger charge is 2.41. The molecule has 0 amide bonds. The third kappa shape index (κ3) is 6.37. The van der Waals surface area contributed by atoms with Gasteiger partial charge in [-0.05, 0) is 88.7 Å². The maximum atomic E-state index is 15.0. The molecule has 5 aromatic carbocycles. The maximum absolute atomic E-state index is 15.0. The van der Waals surface area contributed by atoms with Gasteiger partial charge in [-0.15, -0.1) is 6.58 Å². The summed E-state index contributed by atoms with van der Waals surface area (Å²) in [7, 11) is 0. The molecule has 0 atom stereocenters. The summed E-state index contributed by atoms with van der Waals surface area (Å²) in [6, 6.07) is 18.3. The molecule has 224 valence electrons. The number of aryl methyl sites for hydroxylation is 1. The number of ether oxygens (including phenoxy) is 1. The first-order valence-electron chi connectivity index (χ1n) is 13.3. The Morgan fingerprint density at radius 3 is 1.64 bits per heavy atom. The van der Waals surface area contributed by atoms with Crippen LogP contribution in [0.5, 0.6) is 5.75 Å². The van der Waals surface area contributed by atoms with E-state index < -0.39 is 52.3 Å². The molecule has 0 aliphatic carbocycles. The second-order valence-electron chi connectivity index (χ2n) is 9.93. The highest BCUT2D eigenvalue weighted by Crippen LogP contribution is 2.38. The van der Waals surface area contributed by atoms with Crippen LogP contribution in [-0.4, -0.2) is 0 Å². The summed E-state index contributed by atoms with van der Waals surface area (Å²) in [5.41, 5.74) is 0.152. The molecule has 9 heteroatoms. The minimum Gasteiger partial charge on any atom is -0.429 e. The second-order valence-corrected chi connectivity index (χ2v) is 9.93. The highest BCUT2D eigenvalue weighted by molar-refractivity contribution is 5.71. The quantitative estimate of drug-likeness (QED) is 0.0917. The van der Waals surface area contributed by atoms with E-state index in [4.69, 9.17) is 0 Å². The van der Waals surface area contributed by atoms with Crippen LogP contribution in [0.1, 0.15) is 17.5 Å². The van der Waals surface area contributed by atoms with Crippen LogP contribution in [0.3, 0.4) is 0 Å². The first-order valence-corrected chi connectivity index (χ1v) is 13.3. The molecule has 0 N–H and O–H groups in total. The van der Waals surface area contributed by atoms with E-state index in [1.54, 1.807) is 30.3 Å². The number of alkyl halides is 2. The predicted octanol–water partition coefficient (Wildman–Crippen LogP) is 10.8. The molecule has 0 bridgehead atoms. The van der Waals surface area contributed by atoms with Gasteiger partial charge in [0.1, 0.15) is 28.8 Å². The van der Waals surface area contributed by atoms with Crippen LogP contribution >= 0.6 is 0 Å². The van der Waals surface area contributed by atoms with Crippen LogP contribution in [0.4, 0.5) is 35.1 Å². The fourth-order valence-corrected chi connectivity index (χ4v) is 4.70. The van der Waals surface area contributed by atoms with Crippen molar-refractivity contribution in [2.45, 2.75) is 19.0 Å². The van der Waals surface area contributed by atoms with Crippen LogP contribution in [-0.2, 0) is 12.5 Å². The van der Waals surface area contributed by atoms with Crippen molar-refractivity contribution in [3.8, 4) is 39.1 Å². The van der Waals surface area contributed by atoms with E-state index in [1.165, 1.54) is 24.3 Å². The van der Waals surface area contributed by atoms with Crippen molar-refractivity contribution in [3.05, 3.63) is 150 Å². The van der Waals surface area contributed by atoms with Gasteiger partial charge in [-0.2, -0.15) is 8.78 Å². The topological polar surface area (TPSA) is 9.23 Å². The van der Waals surface area contributed by atoms with E-state index in [0.717, 1.165) is 48.7 Å². The molecule has 1 nitrogen and oxygen atoms in total. The zero-order chi connectivity index (χ0) is 31.6. The summed E-state index contributed by atoms with van der Waals surface area (Å²) in [4.78, 5) is 0. The monoisotopic (exact) mass is 610 g/mol. The molecule has 5 rings (SSSR count). The first-order chi connectivity index (χ1) is 21.0. The number of halogens is 8. The Labute approximate surface area is 247 Å². The van der Waals surface area contributed by atoms with Crippen LogP contribution < -0.4 is 4.74 Å². The lowest BCUT2D eigenvalue weighted by Crippen LogP contribution is -2.25. The summed E-state index contributed by atoms with van der Waals surface area (Å²) in [6.07, 6.45) is -1.12. The van der Waals surface area contributed by atoms with Crippen molar-refractivity contribution in [2.24, 2.45) is 0 Å². The Balaban J connectivity index is 1.33. The summed E-state index contributed by atoms with van der Waals surface area (Å²) < 4.78 is 120. The Hall–Kier alpha value is -4.92. The third-order valence-electron chi connectivity index (χ3n) is 6.96. The van der Waals surface area contributed by atoms with Crippen molar-refractivity contribution in [1.82, 2.24) is 0 Å². The van der Waals surface area contributed by atoms with Gasteiger partial charge in [0.15, 0.2) is 17.5 Å². The van der Waals surface area contributed by atoms with Gasteiger partial charge in [-0.1, -0.05) is 54.6 Å². The van der Waals surface area contributed by atoms with Gasteiger partial charge < -0.3 is 4.74 Å². The third-order valence-corrected chi connectivity index (χ3v) is 6.96. The van der Waals surface area contributed by atoms with Crippen molar-refractivity contribution in [3.63, 3.8) is 0 Å². The molecule has 0 saturated heterocycles. The maximum Gasteiger partial charge on any atom is 0.432 e. The molecule has 44 heavy (non-hydrogen) atoms. The van der Waals surface area contributed by atoms with E-state index in [-0.39, 0.29) is 22.3 Å². The van der Waals surface area contributed by atoms with E-state index in [9.17, 15) is 35.1 Å². The second kappa shape index (κ2) is 12.4. The molecule has 0 aliphatic rings.